The van der Waals surface area contributed by atoms with Gasteiger partial charge in [0.15, 0.2) is 0 Å². The lowest BCUT2D eigenvalue weighted by atomic mass is 10.1. The number of amides is 2. The molecular formula is C24H30N4O3. The Hall–Kier alpha value is -3.19. The monoisotopic (exact) mass is 422 g/mol. The fraction of sp³-hybridized carbons (Fsp3) is 0.375. The summed E-state index contributed by atoms with van der Waals surface area (Å²) in [6.45, 7) is 6.63. The molecule has 31 heavy (non-hydrogen) atoms. The number of rotatable bonds is 6. The molecular weight excluding hydrogens is 392 g/mol. The molecule has 1 aliphatic heterocycles. The molecule has 1 saturated heterocycles. The van der Waals surface area contributed by atoms with E-state index >= 15 is 0 Å². The first kappa shape index (κ1) is 22.5. The number of hydrogen-bond acceptors (Lipinski definition) is 4. The van der Waals surface area contributed by atoms with E-state index in [1.807, 2.05) is 37.3 Å². The molecule has 1 unspecified atom stereocenters. The molecule has 0 aliphatic carbocycles. The van der Waals surface area contributed by atoms with Crippen molar-refractivity contribution in [3.8, 4) is 0 Å². The maximum Gasteiger partial charge on any atom is 0.258 e. The summed E-state index contributed by atoms with van der Waals surface area (Å²) in [4.78, 5) is 29.0. The predicted molar refractivity (Wildman–Crippen MR) is 124 cm³/mol. The molecule has 2 aromatic rings. The minimum Gasteiger partial charge on any atom is -0.376 e. The summed E-state index contributed by atoms with van der Waals surface area (Å²) in [6, 6.07) is 13.2. The van der Waals surface area contributed by atoms with E-state index in [0.717, 1.165) is 42.7 Å². The molecule has 2 aromatic carbocycles. The zero-order valence-corrected chi connectivity index (χ0v) is 18.3. The number of aliphatic imine (C=N–C) groups is 1. The van der Waals surface area contributed by atoms with Crippen LogP contribution in [0.5, 0.6) is 0 Å². The van der Waals surface area contributed by atoms with E-state index < -0.39 is 0 Å². The van der Waals surface area contributed by atoms with E-state index in [9.17, 15) is 9.59 Å². The largest absolute Gasteiger partial charge is 0.376 e. The van der Waals surface area contributed by atoms with Crippen molar-refractivity contribution in [1.29, 1.82) is 0 Å². The van der Waals surface area contributed by atoms with Gasteiger partial charge in [-0.25, -0.2) is 4.99 Å². The summed E-state index contributed by atoms with van der Waals surface area (Å²) in [5.41, 5.74) is 3.96. The van der Waals surface area contributed by atoms with Gasteiger partial charge in [0.25, 0.3) is 5.91 Å². The van der Waals surface area contributed by atoms with E-state index in [4.69, 9.17) is 4.74 Å². The fourth-order valence-electron chi connectivity index (χ4n) is 3.44. The van der Waals surface area contributed by atoms with Crippen LogP contribution < -0.4 is 16.0 Å². The summed E-state index contributed by atoms with van der Waals surface area (Å²) < 4.78 is 5.67. The molecule has 7 heteroatoms. The van der Waals surface area contributed by atoms with Crippen LogP contribution in [0.3, 0.4) is 0 Å². The first-order chi connectivity index (χ1) is 15.0. The summed E-state index contributed by atoms with van der Waals surface area (Å²) >= 11 is 0. The number of hydrogen-bond donors (Lipinski definition) is 3. The topological polar surface area (TPSA) is 91.8 Å². The first-order valence-corrected chi connectivity index (χ1v) is 10.7. The molecule has 0 spiro atoms. The van der Waals surface area contributed by atoms with Crippen molar-refractivity contribution in [2.24, 2.45) is 4.99 Å². The molecule has 1 fully saturated rings. The molecule has 0 saturated carbocycles. The van der Waals surface area contributed by atoms with Crippen LogP contribution in [0.2, 0.25) is 0 Å². The van der Waals surface area contributed by atoms with Gasteiger partial charge in [-0.2, -0.15) is 0 Å². The number of benzene rings is 2. The number of guanidine groups is 1. The third-order valence-electron chi connectivity index (χ3n) is 5.17. The van der Waals surface area contributed by atoms with E-state index in [0.29, 0.717) is 23.8 Å². The summed E-state index contributed by atoms with van der Waals surface area (Å²) in [6.07, 6.45) is 2.92. The van der Waals surface area contributed by atoms with Crippen molar-refractivity contribution in [1.82, 2.24) is 5.32 Å². The minimum atomic E-state index is -0.306. The smallest absolute Gasteiger partial charge is 0.258 e. The van der Waals surface area contributed by atoms with Crippen molar-refractivity contribution in [3.63, 3.8) is 0 Å². The number of carbonyl (C=O) groups is 2. The van der Waals surface area contributed by atoms with Gasteiger partial charge in [-0.3, -0.25) is 14.9 Å². The van der Waals surface area contributed by atoms with Crippen LogP contribution in [-0.4, -0.2) is 37.0 Å². The van der Waals surface area contributed by atoms with Gasteiger partial charge in [0.1, 0.15) is 0 Å². The lowest BCUT2D eigenvalue weighted by Gasteiger charge is -2.16. The van der Waals surface area contributed by atoms with E-state index in [1.165, 1.54) is 6.92 Å². The molecule has 164 valence electrons. The molecule has 0 bridgehead atoms. The number of nitrogens with one attached hydrogen (secondary N) is 3. The zero-order valence-electron chi connectivity index (χ0n) is 18.3. The van der Waals surface area contributed by atoms with Crippen molar-refractivity contribution < 1.29 is 14.3 Å². The van der Waals surface area contributed by atoms with Gasteiger partial charge in [0.05, 0.1) is 12.6 Å². The molecule has 3 N–H and O–H groups in total. The van der Waals surface area contributed by atoms with Gasteiger partial charge in [-0.1, -0.05) is 31.2 Å². The Morgan fingerprint density at radius 2 is 1.94 bits per heavy atom. The van der Waals surface area contributed by atoms with Gasteiger partial charge in [-0.05, 0) is 55.5 Å². The van der Waals surface area contributed by atoms with Gasteiger partial charge >= 0.3 is 0 Å². The third-order valence-corrected chi connectivity index (χ3v) is 5.17. The standard InChI is InChI=1S/C24H30N4O3/c1-4-18-8-5-6-10-21(18)27-24(25-15-20-9-7-13-31-20)28-23(30)19-12-11-16(2)22(14-19)26-17(3)29/h5-6,8,10-12,14,20H,4,7,9,13,15H2,1-3H3,(H,26,29)(H2,25,27,28,30). The van der Waals surface area contributed by atoms with Gasteiger partial charge in [0, 0.05) is 30.5 Å². The second-order valence-corrected chi connectivity index (χ2v) is 7.63. The number of para-hydroxylation sites is 1. The maximum atomic E-state index is 13.0. The molecule has 0 aromatic heterocycles. The predicted octanol–water partition coefficient (Wildman–Crippen LogP) is 3.89. The van der Waals surface area contributed by atoms with Crippen LogP contribution in [0.1, 0.15) is 48.2 Å². The number of anilines is 2. The summed E-state index contributed by atoms with van der Waals surface area (Å²) in [5.74, 6) is -0.112. The number of nitrogens with zero attached hydrogens (tertiary/aromatic N) is 1. The van der Waals surface area contributed by atoms with Crippen LogP contribution in [0.25, 0.3) is 0 Å². The second-order valence-electron chi connectivity index (χ2n) is 7.63. The Morgan fingerprint density at radius 3 is 2.65 bits per heavy atom. The van der Waals surface area contributed by atoms with Crippen LogP contribution in [-0.2, 0) is 16.0 Å². The number of ether oxygens (including phenoxy) is 1. The van der Waals surface area contributed by atoms with E-state index in [1.54, 1.807) is 12.1 Å². The lowest BCUT2D eigenvalue weighted by molar-refractivity contribution is -0.114. The number of carbonyl (C=O) groups excluding carboxylic acids is 2. The second kappa shape index (κ2) is 10.7. The Bertz CT molecular complexity index is 965. The fourth-order valence-corrected chi connectivity index (χ4v) is 3.44. The Kier molecular flexibility index (Phi) is 7.78. The zero-order chi connectivity index (χ0) is 22.2. The van der Waals surface area contributed by atoms with Gasteiger partial charge in [-0.15, -0.1) is 0 Å². The van der Waals surface area contributed by atoms with Crippen molar-refractivity contribution in [2.45, 2.75) is 46.1 Å². The van der Waals surface area contributed by atoms with Crippen molar-refractivity contribution in [2.75, 3.05) is 23.8 Å². The Labute approximate surface area is 183 Å². The first-order valence-electron chi connectivity index (χ1n) is 10.7. The molecule has 1 heterocycles. The van der Waals surface area contributed by atoms with Crippen molar-refractivity contribution in [3.05, 3.63) is 59.2 Å². The summed E-state index contributed by atoms with van der Waals surface area (Å²) in [7, 11) is 0. The number of aryl methyl sites for hydroxylation is 2. The minimum absolute atomic E-state index is 0.0702. The molecule has 1 aliphatic rings. The SMILES string of the molecule is CCc1ccccc1NC(=NCC1CCCO1)NC(=O)c1ccc(C)c(NC(C)=O)c1. The van der Waals surface area contributed by atoms with E-state index in [2.05, 4.69) is 27.9 Å². The van der Waals surface area contributed by atoms with Crippen LogP contribution in [0, 0.1) is 6.92 Å². The van der Waals surface area contributed by atoms with Crippen LogP contribution in [0.4, 0.5) is 11.4 Å². The van der Waals surface area contributed by atoms with Crippen LogP contribution >= 0.6 is 0 Å². The molecule has 0 radical (unpaired) electrons. The van der Waals surface area contributed by atoms with E-state index in [-0.39, 0.29) is 17.9 Å². The normalized spacial score (nSPS) is 16.1. The average Bonchev–Trinajstić information content (AvgIpc) is 3.27. The highest BCUT2D eigenvalue weighted by Crippen LogP contribution is 2.18. The highest BCUT2D eigenvalue weighted by Gasteiger charge is 2.17. The maximum absolute atomic E-state index is 13.0. The van der Waals surface area contributed by atoms with Crippen molar-refractivity contribution >= 4 is 29.1 Å². The highest BCUT2D eigenvalue weighted by molar-refractivity contribution is 6.10. The summed E-state index contributed by atoms with van der Waals surface area (Å²) in [5, 5.41) is 8.92. The third kappa shape index (κ3) is 6.39. The quantitative estimate of drug-likeness (QED) is 0.486. The molecule has 2 amide bonds. The Balaban J connectivity index is 1.81. The molecule has 1 atom stereocenters. The highest BCUT2D eigenvalue weighted by atomic mass is 16.5. The Morgan fingerprint density at radius 1 is 1.13 bits per heavy atom. The van der Waals surface area contributed by atoms with Gasteiger partial charge < -0.3 is 15.4 Å². The van der Waals surface area contributed by atoms with Gasteiger partial charge in [0.2, 0.25) is 11.9 Å². The average molecular weight is 423 g/mol. The molecule has 3 rings (SSSR count). The molecule has 7 nitrogen and oxygen atoms in total. The van der Waals surface area contributed by atoms with Crippen LogP contribution in [0.15, 0.2) is 47.5 Å². The lowest BCUT2D eigenvalue weighted by Crippen LogP contribution is -2.37.